The van der Waals surface area contributed by atoms with Crippen molar-refractivity contribution in [1.82, 2.24) is 4.98 Å². The first-order valence-corrected chi connectivity index (χ1v) is 3.77. The van der Waals surface area contributed by atoms with Crippen LogP contribution in [0.15, 0.2) is 12.1 Å². The highest BCUT2D eigenvalue weighted by Crippen LogP contribution is 2.21. The molecular formula is C8H8F2N2O2. The molecule has 0 atom stereocenters. The molecule has 3 N–H and O–H groups in total. The molecule has 0 bridgehead atoms. The second kappa shape index (κ2) is 4.10. The Balaban J connectivity index is 3.24. The van der Waals surface area contributed by atoms with Crippen LogP contribution in [0.1, 0.15) is 28.2 Å². The van der Waals surface area contributed by atoms with Crippen molar-refractivity contribution < 1.29 is 18.7 Å². The van der Waals surface area contributed by atoms with Crippen molar-refractivity contribution in [2.24, 2.45) is 5.73 Å². The molecule has 0 aliphatic carbocycles. The lowest BCUT2D eigenvalue weighted by Crippen LogP contribution is -2.10. The van der Waals surface area contributed by atoms with Gasteiger partial charge in [0.2, 0.25) is 0 Å². The molecule has 0 radical (unpaired) electrons. The number of aromatic carboxylic acids is 1. The van der Waals surface area contributed by atoms with Gasteiger partial charge in [0.05, 0.1) is 11.3 Å². The number of rotatable bonds is 3. The summed E-state index contributed by atoms with van der Waals surface area (Å²) in [7, 11) is 0. The van der Waals surface area contributed by atoms with E-state index in [2.05, 4.69) is 4.98 Å². The van der Waals surface area contributed by atoms with Crippen LogP contribution in [-0.2, 0) is 6.54 Å². The standard InChI is InChI=1S/C8H8F2N2O2/c9-7(10)5-2-1-4(3-11)12-6(5)8(13)14/h1-2,7H,3,11H2,(H,13,14). The van der Waals surface area contributed by atoms with Gasteiger partial charge < -0.3 is 10.8 Å². The molecule has 0 unspecified atom stereocenters. The Hall–Kier alpha value is -1.56. The molecule has 6 heteroatoms. The van der Waals surface area contributed by atoms with Crippen LogP contribution in [0, 0.1) is 0 Å². The number of aromatic nitrogens is 1. The van der Waals surface area contributed by atoms with Crippen LogP contribution in [0.25, 0.3) is 0 Å². The SMILES string of the molecule is NCc1ccc(C(F)F)c(C(=O)O)n1. The highest BCUT2D eigenvalue weighted by Gasteiger charge is 2.19. The van der Waals surface area contributed by atoms with Crippen molar-refractivity contribution in [2.75, 3.05) is 0 Å². The number of halogens is 2. The molecule has 76 valence electrons. The second-order valence-electron chi connectivity index (χ2n) is 2.55. The molecular weight excluding hydrogens is 194 g/mol. The van der Waals surface area contributed by atoms with Gasteiger partial charge in [-0.15, -0.1) is 0 Å². The van der Waals surface area contributed by atoms with Crippen molar-refractivity contribution in [2.45, 2.75) is 13.0 Å². The molecule has 1 heterocycles. The zero-order chi connectivity index (χ0) is 10.7. The van der Waals surface area contributed by atoms with E-state index in [1.165, 1.54) is 6.07 Å². The summed E-state index contributed by atoms with van der Waals surface area (Å²) in [4.78, 5) is 14.1. The highest BCUT2D eigenvalue weighted by molar-refractivity contribution is 5.87. The van der Waals surface area contributed by atoms with Gasteiger partial charge in [-0.2, -0.15) is 0 Å². The van der Waals surface area contributed by atoms with Gasteiger partial charge in [-0.25, -0.2) is 18.6 Å². The number of nitrogens with two attached hydrogens (primary N) is 1. The highest BCUT2D eigenvalue weighted by atomic mass is 19.3. The van der Waals surface area contributed by atoms with Gasteiger partial charge in [0, 0.05) is 6.54 Å². The zero-order valence-corrected chi connectivity index (χ0v) is 7.08. The Labute approximate surface area is 78.4 Å². The van der Waals surface area contributed by atoms with Crippen molar-refractivity contribution in [1.29, 1.82) is 0 Å². The smallest absolute Gasteiger partial charge is 0.355 e. The summed E-state index contributed by atoms with van der Waals surface area (Å²) in [5, 5.41) is 8.60. The fourth-order valence-corrected chi connectivity index (χ4v) is 0.971. The lowest BCUT2D eigenvalue weighted by atomic mass is 10.2. The number of nitrogens with zero attached hydrogens (tertiary/aromatic N) is 1. The molecule has 0 saturated carbocycles. The molecule has 0 aromatic carbocycles. The van der Waals surface area contributed by atoms with Gasteiger partial charge in [-0.05, 0) is 12.1 Å². The van der Waals surface area contributed by atoms with E-state index in [1.807, 2.05) is 0 Å². The van der Waals surface area contributed by atoms with Gasteiger partial charge in [-0.1, -0.05) is 0 Å². The van der Waals surface area contributed by atoms with Gasteiger partial charge in [0.25, 0.3) is 6.43 Å². The minimum absolute atomic E-state index is 0.0177. The van der Waals surface area contributed by atoms with Crippen LogP contribution in [0.2, 0.25) is 0 Å². The molecule has 0 aliphatic rings. The van der Waals surface area contributed by atoms with E-state index < -0.39 is 23.7 Å². The fraction of sp³-hybridized carbons (Fsp3) is 0.250. The minimum atomic E-state index is -2.85. The summed E-state index contributed by atoms with van der Waals surface area (Å²) >= 11 is 0. The Kier molecular flexibility index (Phi) is 3.08. The fourth-order valence-electron chi connectivity index (χ4n) is 0.971. The lowest BCUT2D eigenvalue weighted by molar-refractivity contribution is 0.0676. The summed E-state index contributed by atoms with van der Waals surface area (Å²) in [6.45, 7) is 0.0177. The van der Waals surface area contributed by atoms with Crippen LogP contribution < -0.4 is 5.73 Å². The van der Waals surface area contributed by atoms with Gasteiger partial charge >= 0.3 is 5.97 Å². The largest absolute Gasteiger partial charge is 0.476 e. The van der Waals surface area contributed by atoms with E-state index in [9.17, 15) is 13.6 Å². The van der Waals surface area contributed by atoms with E-state index in [-0.39, 0.29) is 12.2 Å². The average Bonchev–Trinajstić information content (AvgIpc) is 2.16. The van der Waals surface area contributed by atoms with Crippen LogP contribution in [0.5, 0.6) is 0 Å². The Morgan fingerprint density at radius 3 is 2.64 bits per heavy atom. The van der Waals surface area contributed by atoms with Gasteiger partial charge in [0.15, 0.2) is 5.69 Å². The first kappa shape index (κ1) is 10.5. The molecule has 0 amide bonds. The molecule has 14 heavy (non-hydrogen) atoms. The third kappa shape index (κ3) is 2.02. The first-order chi connectivity index (χ1) is 6.56. The number of carboxylic acid groups (broad SMARTS) is 1. The third-order valence-corrected chi connectivity index (χ3v) is 1.63. The Morgan fingerprint density at radius 1 is 1.57 bits per heavy atom. The summed E-state index contributed by atoms with van der Waals surface area (Å²) in [6, 6.07) is 2.32. The Bertz CT molecular complexity index is 355. The molecule has 1 rings (SSSR count). The van der Waals surface area contributed by atoms with Gasteiger partial charge in [0.1, 0.15) is 0 Å². The second-order valence-corrected chi connectivity index (χ2v) is 2.55. The number of alkyl halides is 2. The molecule has 0 aliphatic heterocycles. The van der Waals surface area contributed by atoms with E-state index in [0.717, 1.165) is 6.07 Å². The van der Waals surface area contributed by atoms with Crippen molar-refractivity contribution in [3.05, 3.63) is 29.1 Å². The Morgan fingerprint density at radius 2 is 2.21 bits per heavy atom. The summed E-state index contributed by atoms with van der Waals surface area (Å²) in [6.07, 6.45) is -2.85. The number of carbonyl (C=O) groups is 1. The maximum atomic E-state index is 12.3. The van der Waals surface area contributed by atoms with E-state index in [4.69, 9.17) is 10.8 Å². The van der Waals surface area contributed by atoms with Gasteiger partial charge in [-0.3, -0.25) is 0 Å². The average molecular weight is 202 g/mol. The summed E-state index contributed by atoms with van der Waals surface area (Å²) < 4.78 is 24.6. The zero-order valence-electron chi connectivity index (χ0n) is 7.08. The van der Waals surface area contributed by atoms with Crippen LogP contribution in [0.3, 0.4) is 0 Å². The molecule has 0 spiro atoms. The number of pyridine rings is 1. The summed E-state index contributed by atoms with van der Waals surface area (Å²) in [5.74, 6) is -1.48. The lowest BCUT2D eigenvalue weighted by Gasteiger charge is -2.05. The van der Waals surface area contributed by atoms with Crippen LogP contribution in [-0.4, -0.2) is 16.1 Å². The third-order valence-electron chi connectivity index (χ3n) is 1.63. The maximum Gasteiger partial charge on any atom is 0.355 e. The van der Waals surface area contributed by atoms with E-state index in [1.54, 1.807) is 0 Å². The molecule has 1 aromatic heterocycles. The van der Waals surface area contributed by atoms with Crippen molar-refractivity contribution in [3.8, 4) is 0 Å². The normalized spacial score (nSPS) is 10.6. The first-order valence-electron chi connectivity index (χ1n) is 3.77. The van der Waals surface area contributed by atoms with Crippen LogP contribution in [0.4, 0.5) is 8.78 Å². The van der Waals surface area contributed by atoms with Crippen molar-refractivity contribution in [3.63, 3.8) is 0 Å². The number of hydrogen-bond acceptors (Lipinski definition) is 3. The van der Waals surface area contributed by atoms with E-state index >= 15 is 0 Å². The van der Waals surface area contributed by atoms with Crippen LogP contribution >= 0.6 is 0 Å². The minimum Gasteiger partial charge on any atom is -0.476 e. The number of hydrogen-bond donors (Lipinski definition) is 2. The molecule has 0 fully saturated rings. The van der Waals surface area contributed by atoms with E-state index in [0.29, 0.717) is 0 Å². The summed E-state index contributed by atoms with van der Waals surface area (Å²) in [5.41, 5.74) is 4.25. The predicted molar refractivity (Wildman–Crippen MR) is 44.0 cm³/mol. The predicted octanol–water partition coefficient (Wildman–Crippen LogP) is 1.18. The maximum absolute atomic E-state index is 12.3. The van der Waals surface area contributed by atoms with Crippen molar-refractivity contribution >= 4 is 5.97 Å². The molecule has 0 saturated heterocycles. The quantitative estimate of drug-likeness (QED) is 0.771. The number of carboxylic acids is 1. The topological polar surface area (TPSA) is 76.2 Å². The molecule has 4 nitrogen and oxygen atoms in total. The molecule has 1 aromatic rings. The monoisotopic (exact) mass is 202 g/mol.